The minimum Gasteiger partial charge on any atom is -0.497 e. The second kappa shape index (κ2) is 5.92. The number of hydrogen-bond donors (Lipinski definition) is 2. The molecule has 1 amide bonds. The number of pyridine rings is 1. The lowest BCUT2D eigenvalue weighted by Gasteiger charge is -2.12. The number of ether oxygens (including phenoxy) is 1. The molecule has 0 saturated carbocycles. The Morgan fingerprint density at radius 3 is 2.50 bits per heavy atom. The molecule has 2 N–H and O–H groups in total. The number of amides is 1. The first-order chi connectivity index (χ1) is 10.3. The number of rotatable bonds is 3. The van der Waals surface area contributed by atoms with Crippen molar-refractivity contribution in [3.8, 4) is 5.75 Å². The molecule has 0 fully saturated rings. The molecule has 0 aliphatic rings. The van der Waals surface area contributed by atoms with Gasteiger partial charge in [0.1, 0.15) is 5.75 Å². The Balaban J connectivity index is 2.30. The van der Waals surface area contributed by atoms with Crippen LogP contribution in [0.3, 0.4) is 0 Å². The van der Waals surface area contributed by atoms with E-state index in [4.69, 9.17) is 4.74 Å². The van der Waals surface area contributed by atoms with Crippen LogP contribution in [0.5, 0.6) is 5.75 Å². The standard InChI is InChI=1S/C14H11F3N2O3/c1-22-11-5-9(14(15,16)17)4-10(6-11)19-13(21)8-2-3-12(20)18-7-8/h2-7H,1H3,(H,18,20)(H,19,21). The molecule has 5 nitrogen and oxygen atoms in total. The molecular weight excluding hydrogens is 301 g/mol. The van der Waals surface area contributed by atoms with Crippen LogP contribution in [0.25, 0.3) is 0 Å². The third kappa shape index (κ3) is 3.66. The molecule has 1 heterocycles. The van der Waals surface area contributed by atoms with E-state index >= 15 is 0 Å². The lowest BCUT2D eigenvalue weighted by molar-refractivity contribution is -0.137. The monoisotopic (exact) mass is 312 g/mol. The fourth-order valence-corrected chi connectivity index (χ4v) is 1.71. The number of methoxy groups -OCH3 is 1. The van der Waals surface area contributed by atoms with Crippen LogP contribution in [0.15, 0.2) is 41.3 Å². The third-order valence-corrected chi connectivity index (χ3v) is 2.77. The molecule has 1 aromatic carbocycles. The Bertz CT molecular complexity index is 733. The van der Waals surface area contributed by atoms with Crippen molar-refractivity contribution < 1.29 is 22.7 Å². The highest BCUT2D eigenvalue weighted by Gasteiger charge is 2.31. The predicted molar refractivity (Wildman–Crippen MR) is 73.0 cm³/mol. The number of hydrogen-bond acceptors (Lipinski definition) is 3. The van der Waals surface area contributed by atoms with Crippen LogP contribution < -0.4 is 15.6 Å². The maximum Gasteiger partial charge on any atom is 0.416 e. The van der Waals surface area contributed by atoms with E-state index in [1.54, 1.807) is 0 Å². The number of aromatic amines is 1. The van der Waals surface area contributed by atoms with E-state index in [1.165, 1.54) is 25.4 Å². The fourth-order valence-electron chi connectivity index (χ4n) is 1.71. The number of benzene rings is 1. The molecule has 0 aliphatic carbocycles. The Morgan fingerprint density at radius 2 is 1.95 bits per heavy atom. The topological polar surface area (TPSA) is 71.2 Å². The van der Waals surface area contributed by atoms with E-state index in [0.29, 0.717) is 0 Å². The van der Waals surface area contributed by atoms with Gasteiger partial charge in [-0.05, 0) is 18.2 Å². The van der Waals surface area contributed by atoms with Gasteiger partial charge in [-0.15, -0.1) is 0 Å². The van der Waals surface area contributed by atoms with Gasteiger partial charge in [0.15, 0.2) is 0 Å². The Labute approximate surface area is 122 Å². The highest BCUT2D eigenvalue weighted by Crippen LogP contribution is 2.34. The first-order valence-corrected chi connectivity index (χ1v) is 6.06. The highest BCUT2D eigenvalue weighted by atomic mass is 19.4. The summed E-state index contributed by atoms with van der Waals surface area (Å²) < 4.78 is 43.1. The van der Waals surface area contributed by atoms with Gasteiger partial charge in [0.05, 0.1) is 18.2 Å². The van der Waals surface area contributed by atoms with Gasteiger partial charge >= 0.3 is 6.18 Å². The van der Waals surface area contributed by atoms with E-state index in [2.05, 4.69) is 10.3 Å². The molecule has 0 unspecified atom stereocenters. The lowest BCUT2D eigenvalue weighted by atomic mass is 10.1. The summed E-state index contributed by atoms with van der Waals surface area (Å²) in [5.41, 5.74) is -1.29. The maximum atomic E-state index is 12.8. The number of aromatic nitrogens is 1. The molecule has 1 aromatic heterocycles. The Hall–Kier alpha value is -2.77. The van der Waals surface area contributed by atoms with Crippen LogP contribution in [0, 0.1) is 0 Å². The smallest absolute Gasteiger partial charge is 0.416 e. The van der Waals surface area contributed by atoms with E-state index < -0.39 is 23.2 Å². The summed E-state index contributed by atoms with van der Waals surface area (Å²) in [6.45, 7) is 0. The van der Waals surface area contributed by atoms with E-state index in [0.717, 1.165) is 18.2 Å². The number of carbonyl (C=O) groups excluding carboxylic acids is 1. The zero-order valence-electron chi connectivity index (χ0n) is 11.3. The van der Waals surface area contributed by atoms with Crippen LogP contribution in [0.4, 0.5) is 18.9 Å². The molecule has 0 atom stereocenters. The first kappa shape index (κ1) is 15.6. The van der Waals surface area contributed by atoms with Crippen molar-refractivity contribution >= 4 is 11.6 Å². The van der Waals surface area contributed by atoms with Gasteiger partial charge in [-0.2, -0.15) is 13.2 Å². The van der Waals surface area contributed by atoms with Crippen LogP contribution in [0.2, 0.25) is 0 Å². The molecule has 0 radical (unpaired) electrons. The quantitative estimate of drug-likeness (QED) is 0.915. The van der Waals surface area contributed by atoms with E-state index in [1.807, 2.05) is 0 Å². The van der Waals surface area contributed by atoms with Crippen molar-refractivity contribution in [1.29, 1.82) is 0 Å². The van der Waals surface area contributed by atoms with Crippen molar-refractivity contribution in [1.82, 2.24) is 4.98 Å². The molecule has 0 spiro atoms. The number of halogens is 3. The molecular formula is C14H11F3N2O3. The van der Waals surface area contributed by atoms with Gasteiger partial charge in [-0.3, -0.25) is 9.59 Å². The lowest BCUT2D eigenvalue weighted by Crippen LogP contribution is -2.15. The molecule has 0 saturated heterocycles. The summed E-state index contributed by atoms with van der Waals surface area (Å²) in [4.78, 5) is 25.1. The third-order valence-electron chi connectivity index (χ3n) is 2.77. The average Bonchev–Trinajstić information content (AvgIpc) is 2.46. The minimum atomic E-state index is -4.56. The largest absolute Gasteiger partial charge is 0.497 e. The van der Waals surface area contributed by atoms with Crippen molar-refractivity contribution in [3.63, 3.8) is 0 Å². The van der Waals surface area contributed by atoms with Crippen molar-refractivity contribution in [2.24, 2.45) is 0 Å². The summed E-state index contributed by atoms with van der Waals surface area (Å²) in [5, 5.41) is 2.32. The first-order valence-electron chi connectivity index (χ1n) is 6.06. The predicted octanol–water partition coefficient (Wildman–Crippen LogP) is 2.65. The van der Waals surface area contributed by atoms with Gasteiger partial charge in [-0.25, -0.2) is 0 Å². The molecule has 22 heavy (non-hydrogen) atoms. The van der Waals surface area contributed by atoms with Gasteiger partial charge < -0.3 is 15.0 Å². The van der Waals surface area contributed by atoms with E-state index in [-0.39, 0.29) is 17.0 Å². The summed E-state index contributed by atoms with van der Waals surface area (Å²) in [6, 6.07) is 5.29. The van der Waals surface area contributed by atoms with Crippen LogP contribution in [0.1, 0.15) is 15.9 Å². The number of carbonyl (C=O) groups is 1. The molecule has 0 aliphatic heterocycles. The number of alkyl halides is 3. The zero-order chi connectivity index (χ0) is 16.3. The van der Waals surface area contributed by atoms with Crippen molar-refractivity contribution in [2.45, 2.75) is 6.18 Å². The SMILES string of the molecule is COc1cc(NC(=O)c2ccc(=O)[nH]c2)cc(C(F)(F)F)c1. The van der Waals surface area contributed by atoms with Gasteiger partial charge in [0.25, 0.3) is 5.91 Å². The molecule has 8 heteroatoms. The molecule has 116 valence electrons. The second-order valence-electron chi connectivity index (χ2n) is 4.34. The summed E-state index contributed by atoms with van der Waals surface area (Å²) >= 11 is 0. The Morgan fingerprint density at radius 1 is 1.23 bits per heavy atom. The molecule has 0 bridgehead atoms. The van der Waals surface area contributed by atoms with Crippen molar-refractivity contribution in [2.75, 3.05) is 12.4 Å². The minimum absolute atomic E-state index is 0.0356. The van der Waals surface area contributed by atoms with Gasteiger partial charge in [0, 0.05) is 24.0 Å². The average molecular weight is 312 g/mol. The van der Waals surface area contributed by atoms with Crippen LogP contribution in [-0.4, -0.2) is 18.0 Å². The number of H-pyrrole nitrogens is 1. The highest BCUT2D eigenvalue weighted by molar-refractivity contribution is 6.04. The summed E-state index contributed by atoms with van der Waals surface area (Å²) in [6.07, 6.45) is -3.39. The molecule has 2 aromatic rings. The van der Waals surface area contributed by atoms with Gasteiger partial charge in [0.2, 0.25) is 5.56 Å². The summed E-state index contributed by atoms with van der Waals surface area (Å²) in [7, 11) is 1.23. The zero-order valence-corrected chi connectivity index (χ0v) is 11.3. The van der Waals surface area contributed by atoms with E-state index in [9.17, 15) is 22.8 Å². The number of nitrogens with one attached hydrogen (secondary N) is 2. The second-order valence-corrected chi connectivity index (χ2v) is 4.34. The maximum absolute atomic E-state index is 12.8. The summed E-state index contributed by atoms with van der Waals surface area (Å²) in [5.74, 6) is -0.691. The van der Waals surface area contributed by atoms with Crippen molar-refractivity contribution in [3.05, 3.63) is 58.0 Å². The molecule has 2 rings (SSSR count). The van der Waals surface area contributed by atoms with Gasteiger partial charge in [-0.1, -0.05) is 0 Å². The van der Waals surface area contributed by atoms with Crippen LogP contribution in [-0.2, 0) is 6.18 Å². The van der Waals surface area contributed by atoms with Crippen LogP contribution >= 0.6 is 0 Å². The Kier molecular flexibility index (Phi) is 4.20. The normalized spacial score (nSPS) is 11.1. The fraction of sp³-hybridized carbons (Fsp3) is 0.143. The number of anilines is 1.